The van der Waals surface area contributed by atoms with Crippen LogP contribution in [0.15, 0.2) is 60.2 Å². The Morgan fingerprint density at radius 2 is 1.65 bits per heavy atom. The molecular formula is C17H14F3NO2. The van der Waals surface area contributed by atoms with E-state index in [9.17, 15) is 18.0 Å². The molecule has 0 bridgehead atoms. The minimum Gasteiger partial charge on any atom is -0.406 e. The molecule has 2 rings (SSSR count). The van der Waals surface area contributed by atoms with E-state index in [1.54, 1.807) is 13.0 Å². The molecule has 1 N–H and O–H groups in total. The Labute approximate surface area is 131 Å². The van der Waals surface area contributed by atoms with Crippen molar-refractivity contribution in [1.82, 2.24) is 0 Å². The molecule has 0 spiro atoms. The number of rotatable bonds is 4. The normalized spacial score (nSPS) is 11.9. The highest BCUT2D eigenvalue weighted by atomic mass is 19.4. The fourth-order valence-electron chi connectivity index (χ4n) is 1.83. The van der Waals surface area contributed by atoms with Gasteiger partial charge in [-0.2, -0.15) is 0 Å². The molecule has 0 unspecified atom stereocenters. The van der Waals surface area contributed by atoms with Gasteiger partial charge < -0.3 is 10.1 Å². The number of carbonyl (C=O) groups excluding carboxylic acids is 1. The van der Waals surface area contributed by atoms with Crippen molar-refractivity contribution in [1.29, 1.82) is 0 Å². The molecule has 0 saturated carbocycles. The van der Waals surface area contributed by atoms with Gasteiger partial charge in [0.05, 0.1) is 0 Å². The number of ether oxygens (including phenoxy) is 1. The van der Waals surface area contributed by atoms with Crippen molar-refractivity contribution < 1.29 is 22.7 Å². The fraction of sp³-hybridized carbons (Fsp3) is 0.118. The molecule has 0 saturated heterocycles. The number of alkyl halides is 3. The van der Waals surface area contributed by atoms with Crippen LogP contribution in [0.1, 0.15) is 12.5 Å². The van der Waals surface area contributed by atoms with Crippen molar-refractivity contribution in [3.63, 3.8) is 0 Å². The van der Waals surface area contributed by atoms with Gasteiger partial charge in [0, 0.05) is 11.3 Å². The molecule has 23 heavy (non-hydrogen) atoms. The van der Waals surface area contributed by atoms with E-state index in [2.05, 4.69) is 10.1 Å². The van der Waals surface area contributed by atoms with E-state index in [1.165, 1.54) is 12.1 Å². The Bertz CT molecular complexity index is 692. The summed E-state index contributed by atoms with van der Waals surface area (Å²) in [5, 5.41) is 2.61. The Morgan fingerprint density at radius 1 is 1.04 bits per heavy atom. The summed E-state index contributed by atoms with van der Waals surface area (Å²) in [6, 6.07) is 14.3. The van der Waals surface area contributed by atoms with Crippen LogP contribution in [0.4, 0.5) is 18.9 Å². The summed E-state index contributed by atoms with van der Waals surface area (Å²) >= 11 is 0. The summed E-state index contributed by atoms with van der Waals surface area (Å²) in [5.41, 5.74) is 1.74. The number of amides is 1. The van der Waals surface area contributed by atoms with Gasteiger partial charge in [-0.3, -0.25) is 4.79 Å². The number of carbonyl (C=O) groups is 1. The minimum absolute atomic E-state index is 0.335. The van der Waals surface area contributed by atoms with Crippen LogP contribution >= 0.6 is 0 Å². The Hall–Kier alpha value is -2.76. The van der Waals surface area contributed by atoms with Crippen molar-refractivity contribution in [3.05, 3.63) is 65.7 Å². The van der Waals surface area contributed by atoms with Crippen molar-refractivity contribution >= 4 is 17.7 Å². The third-order valence-electron chi connectivity index (χ3n) is 2.89. The average Bonchev–Trinajstić information content (AvgIpc) is 2.48. The predicted molar refractivity (Wildman–Crippen MR) is 81.8 cm³/mol. The summed E-state index contributed by atoms with van der Waals surface area (Å²) in [6.07, 6.45) is -3.02. The van der Waals surface area contributed by atoms with Crippen molar-refractivity contribution in [2.45, 2.75) is 13.3 Å². The molecule has 2 aromatic rings. The third-order valence-corrected chi connectivity index (χ3v) is 2.89. The van der Waals surface area contributed by atoms with Crippen LogP contribution in [0, 0.1) is 0 Å². The van der Waals surface area contributed by atoms with Gasteiger partial charge >= 0.3 is 6.36 Å². The second-order valence-corrected chi connectivity index (χ2v) is 4.76. The molecule has 6 heteroatoms. The van der Waals surface area contributed by atoms with Crippen molar-refractivity contribution in [2.75, 3.05) is 5.32 Å². The molecule has 3 nitrogen and oxygen atoms in total. The molecule has 1 amide bonds. The molecule has 0 aliphatic rings. The number of hydrogen-bond acceptors (Lipinski definition) is 2. The van der Waals surface area contributed by atoms with Gasteiger partial charge in [-0.05, 0) is 42.8 Å². The number of halogens is 3. The summed E-state index contributed by atoms with van der Waals surface area (Å²) < 4.78 is 40.0. The van der Waals surface area contributed by atoms with E-state index in [1.807, 2.05) is 30.3 Å². The zero-order valence-electron chi connectivity index (χ0n) is 12.2. The molecule has 0 atom stereocenters. The van der Waals surface area contributed by atoms with Gasteiger partial charge in [0.25, 0.3) is 5.91 Å². The Kier molecular flexibility index (Phi) is 5.05. The molecule has 0 aliphatic carbocycles. The summed E-state index contributed by atoms with van der Waals surface area (Å²) in [6.45, 7) is 1.66. The van der Waals surface area contributed by atoms with Gasteiger partial charge in [0.1, 0.15) is 5.75 Å². The molecule has 0 aromatic heterocycles. The number of nitrogens with one attached hydrogen (secondary N) is 1. The average molecular weight is 321 g/mol. The van der Waals surface area contributed by atoms with E-state index in [0.717, 1.165) is 17.7 Å². The van der Waals surface area contributed by atoms with E-state index in [0.29, 0.717) is 11.3 Å². The van der Waals surface area contributed by atoms with Crippen LogP contribution in [-0.4, -0.2) is 12.3 Å². The lowest BCUT2D eigenvalue weighted by molar-refractivity contribution is -0.274. The van der Waals surface area contributed by atoms with Crippen LogP contribution in [0.25, 0.3) is 6.08 Å². The number of hydrogen-bond donors (Lipinski definition) is 1. The van der Waals surface area contributed by atoms with Crippen LogP contribution in [0.5, 0.6) is 5.75 Å². The quantitative estimate of drug-likeness (QED) is 0.834. The van der Waals surface area contributed by atoms with E-state index in [4.69, 9.17) is 0 Å². The maximum atomic E-state index is 12.1. The first kappa shape index (κ1) is 16.6. The lowest BCUT2D eigenvalue weighted by Gasteiger charge is -2.10. The summed E-state index contributed by atoms with van der Waals surface area (Å²) in [7, 11) is 0. The zero-order chi connectivity index (χ0) is 16.9. The Morgan fingerprint density at radius 3 is 2.22 bits per heavy atom. The van der Waals surface area contributed by atoms with E-state index < -0.39 is 6.36 Å². The van der Waals surface area contributed by atoms with E-state index in [-0.39, 0.29) is 11.7 Å². The summed E-state index contributed by atoms with van der Waals surface area (Å²) in [5.74, 6) is -0.676. The smallest absolute Gasteiger partial charge is 0.406 e. The van der Waals surface area contributed by atoms with Gasteiger partial charge in [-0.1, -0.05) is 30.3 Å². The Balaban J connectivity index is 2.01. The van der Waals surface area contributed by atoms with Gasteiger partial charge in [-0.25, -0.2) is 0 Å². The lowest BCUT2D eigenvalue weighted by atomic mass is 10.1. The SMILES string of the molecule is C/C(=C/c1ccccc1)C(=O)Nc1ccc(OC(F)(F)F)cc1. The van der Waals surface area contributed by atoms with Crippen LogP contribution in [0.2, 0.25) is 0 Å². The van der Waals surface area contributed by atoms with Gasteiger partial charge in [-0.15, -0.1) is 13.2 Å². The molecular weight excluding hydrogens is 307 g/mol. The maximum Gasteiger partial charge on any atom is 0.573 e. The highest BCUT2D eigenvalue weighted by Gasteiger charge is 2.30. The fourth-order valence-corrected chi connectivity index (χ4v) is 1.83. The molecule has 0 radical (unpaired) electrons. The molecule has 0 aliphatic heterocycles. The second-order valence-electron chi connectivity index (χ2n) is 4.76. The van der Waals surface area contributed by atoms with E-state index >= 15 is 0 Å². The first-order valence-electron chi connectivity index (χ1n) is 6.74. The number of anilines is 1. The molecule has 2 aromatic carbocycles. The molecule has 0 fully saturated rings. The van der Waals surface area contributed by atoms with Crippen LogP contribution in [0.3, 0.4) is 0 Å². The van der Waals surface area contributed by atoms with Crippen molar-refractivity contribution in [3.8, 4) is 5.75 Å². The third kappa shape index (κ3) is 5.50. The second kappa shape index (κ2) is 7.00. The standard InChI is InChI=1S/C17H14F3NO2/c1-12(11-13-5-3-2-4-6-13)16(22)21-14-7-9-15(10-8-14)23-17(18,19)20/h2-11H,1H3,(H,21,22)/b12-11-. The first-order chi connectivity index (χ1) is 10.8. The van der Waals surface area contributed by atoms with Crippen LogP contribution < -0.4 is 10.1 Å². The molecule has 0 heterocycles. The lowest BCUT2D eigenvalue weighted by Crippen LogP contribution is -2.17. The van der Waals surface area contributed by atoms with Gasteiger partial charge in [0.2, 0.25) is 0 Å². The zero-order valence-corrected chi connectivity index (χ0v) is 12.2. The topological polar surface area (TPSA) is 38.3 Å². The predicted octanol–water partition coefficient (Wildman–Crippen LogP) is 4.63. The van der Waals surface area contributed by atoms with Crippen LogP contribution in [-0.2, 0) is 4.79 Å². The highest BCUT2D eigenvalue weighted by Crippen LogP contribution is 2.24. The monoisotopic (exact) mass is 321 g/mol. The van der Waals surface area contributed by atoms with Crippen molar-refractivity contribution in [2.24, 2.45) is 0 Å². The minimum atomic E-state index is -4.74. The largest absolute Gasteiger partial charge is 0.573 e. The first-order valence-corrected chi connectivity index (χ1v) is 6.74. The molecule has 120 valence electrons. The van der Waals surface area contributed by atoms with Gasteiger partial charge in [0.15, 0.2) is 0 Å². The maximum absolute atomic E-state index is 12.1. The summed E-state index contributed by atoms with van der Waals surface area (Å²) in [4.78, 5) is 12.0. The number of benzene rings is 2. The highest BCUT2D eigenvalue weighted by molar-refractivity contribution is 6.06.